The Morgan fingerprint density at radius 2 is 1.93 bits per heavy atom. The molecule has 0 aromatic carbocycles. The molecule has 3 nitrogen and oxygen atoms in total. The normalized spacial score (nSPS) is 15.9. The Hall–Kier alpha value is -1.04. The number of rotatable bonds is 3. The largest absolute Gasteiger partial charge is 0.467 e. The van der Waals surface area contributed by atoms with Crippen LogP contribution in [-0.4, -0.2) is 30.0 Å². The van der Waals surface area contributed by atoms with Gasteiger partial charge in [-0.1, -0.05) is 5.57 Å². The third kappa shape index (κ3) is 2.47. The van der Waals surface area contributed by atoms with Gasteiger partial charge in [-0.15, -0.1) is 6.58 Å². The van der Waals surface area contributed by atoms with E-state index in [0.717, 1.165) is 7.11 Å². The molecule has 0 rings (SSSR count). The van der Waals surface area contributed by atoms with Crippen molar-refractivity contribution in [2.24, 2.45) is 0 Å². The molecule has 0 spiro atoms. The van der Waals surface area contributed by atoms with E-state index in [1.54, 1.807) is 0 Å². The Labute approximate surface area is 79.2 Å². The van der Waals surface area contributed by atoms with Crippen LogP contribution < -0.4 is 0 Å². The van der Waals surface area contributed by atoms with Crippen molar-refractivity contribution in [3.8, 4) is 0 Å². The molecule has 6 heteroatoms. The molecule has 0 aromatic heterocycles. The summed E-state index contributed by atoms with van der Waals surface area (Å²) in [4.78, 5) is 10.8. The number of alkyl halides is 3. The maximum atomic E-state index is 12.3. The van der Waals surface area contributed by atoms with E-state index < -0.39 is 24.2 Å². The Balaban J connectivity index is 5.05. The first kappa shape index (κ1) is 13.0. The summed E-state index contributed by atoms with van der Waals surface area (Å²) in [7, 11) is 0.775. The maximum absolute atomic E-state index is 12.3. The van der Waals surface area contributed by atoms with E-state index >= 15 is 0 Å². The fourth-order valence-corrected chi connectivity index (χ4v) is 0.894. The van der Waals surface area contributed by atoms with Crippen LogP contribution in [0.5, 0.6) is 0 Å². The molecule has 0 aliphatic rings. The number of halogens is 3. The monoisotopic (exact) mass is 212 g/mol. The second-order valence-electron chi connectivity index (χ2n) is 2.98. The number of carbonyl (C=O) groups excluding carboxylic acids is 1. The first-order valence-corrected chi connectivity index (χ1v) is 3.67. The highest BCUT2D eigenvalue weighted by atomic mass is 19.4. The molecule has 1 atom stereocenters. The SMILES string of the molecule is C=C(C)CC(O)(C(=O)OC)C(F)(F)F. The van der Waals surface area contributed by atoms with Crippen molar-refractivity contribution < 1.29 is 27.8 Å². The van der Waals surface area contributed by atoms with Gasteiger partial charge in [0.05, 0.1) is 7.11 Å². The van der Waals surface area contributed by atoms with Gasteiger partial charge in [0.25, 0.3) is 5.60 Å². The van der Waals surface area contributed by atoms with Crippen LogP contribution in [0.4, 0.5) is 13.2 Å². The fourth-order valence-electron chi connectivity index (χ4n) is 0.894. The average Bonchev–Trinajstić information content (AvgIpc) is 1.99. The maximum Gasteiger partial charge on any atom is 0.428 e. The van der Waals surface area contributed by atoms with Crippen LogP contribution in [0.15, 0.2) is 12.2 Å². The van der Waals surface area contributed by atoms with Crippen molar-refractivity contribution >= 4 is 5.97 Å². The van der Waals surface area contributed by atoms with E-state index in [0.29, 0.717) is 0 Å². The van der Waals surface area contributed by atoms with Gasteiger partial charge in [-0.3, -0.25) is 0 Å². The van der Waals surface area contributed by atoms with Crippen LogP contribution in [0.25, 0.3) is 0 Å². The van der Waals surface area contributed by atoms with Crippen molar-refractivity contribution in [3.05, 3.63) is 12.2 Å². The van der Waals surface area contributed by atoms with Gasteiger partial charge in [-0.2, -0.15) is 13.2 Å². The third-order valence-corrected chi connectivity index (χ3v) is 1.55. The topological polar surface area (TPSA) is 46.5 Å². The lowest BCUT2D eigenvalue weighted by Crippen LogP contribution is -2.52. The van der Waals surface area contributed by atoms with Crippen molar-refractivity contribution in [2.75, 3.05) is 7.11 Å². The van der Waals surface area contributed by atoms with Crippen LogP contribution in [-0.2, 0) is 9.53 Å². The molecule has 14 heavy (non-hydrogen) atoms. The predicted octanol–water partition coefficient (Wildman–Crippen LogP) is 1.42. The Morgan fingerprint density at radius 3 is 2.14 bits per heavy atom. The molecule has 0 aliphatic carbocycles. The van der Waals surface area contributed by atoms with Gasteiger partial charge in [-0.25, -0.2) is 4.79 Å². The van der Waals surface area contributed by atoms with Gasteiger partial charge < -0.3 is 9.84 Å². The zero-order valence-corrected chi connectivity index (χ0v) is 7.81. The summed E-state index contributed by atoms with van der Waals surface area (Å²) in [6.07, 6.45) is -5.97. The molecule has 0 saturated heterocycles. The molecule has 1 N–H and O–H groups in total. The number of hydrogen-bond acceptors (Lipinski definition) is 3. The van der Waals surface area contributed by atoms with Gasteiger partial charge in [0, 0.05) is 6.42 Å². The number of carbonyl (C=O) groups is 1. The number of ether oxygens (including phenoxy) is 1. The molecule has 0 aromatic rings. The smallest absolute Gasteiger partial charge is 0.428 e. The Morgan fingerprint density at radius 1 is 1.50 bits per heavy atom. The van der Waals surface area contributed by atoms with Gasteiger partial charge >= 0.3 is 12.1 Å². The Bertz CT molecular complexity index is 247. The molecule has 82 valence electrons. The summed E-state index contributed by atoms with van der Waals surface area (Å²) in [6.45, 7) is 4.48. The summed E-state index contributed by atoms with van der Waals surface area (Å²) < 4.78 is 40.8. The zero-order valence-electron chi connectivity index (χ0n) is 7.81. The molecule has 1 unspecified atom stereocenters. The van der Waals surface area contributed by atoms with Crippen LogP contribution in [0.2, 0.25) is 0 Å². The number of hydrogen-bond donors (Lipinski definition) is 1. The standard InChI is InChI=1S/C8H11F3O3/c1-5(2)4-7(13,6(12)14-3)8(9,10)11/h13H,1,4H2,2-3H3. The molecule has 0 amide bonds. The highest BCUT2D eigenvalue weighted by Crippen LogP contribution is 2.35. The summed E-state index contributed by atoms with van der Waals surface area (Å²) in [5, 5.41) is 9.13. The first-order valence-electron chi connectivity index (χ1n) is 3.67. The molecule has 0 radical (unpaired) electrons. The molecule has 0 fully saturated rings. The molecular weight excluding hydrogens is 201 g/mol. The van der Waals surface area contributed by atoms with Crippen molar-refractivity contribution in [2.45, 2.75) is 25.1 Å². The van der Waals surface area contributed by atoms with Crippen LogP contribution in [0.1, 0.15) is 13.3 Å². The summed E-state index contributed by atoms with van der Waals surface area (Å²) in [6, 6.07) is 0. The predicted molar refractivity (Wildman–Crippen MR) is 42.5 cm³/mol. The minimum Gasteiger partial charge on any atom is -0.467 e. The molecule has 0 aliphatic heterocycles. The average molecular weight is 212 g/mol. The van der Waals surface area contributed by atoms with Gasteiger partial charge in [0.15, 0.2) is 0 Å². The minimum absolute atomic E-state index is 0.0372. The second-order valence-corrected chi connectivity index (χ2v) is 2.98. The van der Waals surface area contributed by atoms with Gasteiger partial charge in [0.1, 0.15) is 0 Å². The highest BCUT2D eigenvalue weighted by Gasteiger charge is 2.60. The summed E-state index contributed by atoms with van der Waals surface area (Å²) in [5.74, 6) is -1.73. The molecular formula is C8H11F3O3. The van der Waals surface area contributed by atoms with E-state index in [-0.39, 0.29) is 5.57 Å². The fraction of sp³-hybridized carbons (Fsp3) is 0.625. The quantitative estimate of drug-likeness (QED) is 0.568. The minimum atomic E-state index is -5.07. The van der Waals surface area contributed by atoms with E-state index in [2.05, 4.69) is 11.3 Å². The number of aliphatic hydroxyl groups is 1. The van der Waals surface area contributed by atoms with Crippen LogP contribution in [0, 0.1) is 0 Å². The number of methoxy groups -OCH3 is 1. The Kier molecular flexibility index (Phi) is 3.70. The van der Waals surface area contributed by atoms with Crippen LogP contribution in [0.3, 0.4) is 0 Å². The summed E-state index contributed by atoms with van der Waals surface area (Å²) in [5.41, 5.74) is -3.46. The van der Waals surface area contributed by atoms with E-state index in [1.807, 2.05) is 0 Å². The first-order chi connectivity index (χ1) is 6.15. The highest BCUT2D eigenvalue weighted by molar-refractivity contribution is 5.80. The lowest BCUT2D eigenvalue weighted by Gasteiger charge is -2.27. The van der Waals surface area contributed by atoms with E-state index in [4.69, 9.17) is 5.11 Å². The van der Waals surface area contributed by atoms with Crippen molar-refractivity contribution in [1.82, 2.24) is 0 Å². The molecule has 0 saturated carbocycles. The second kappa shape index (κ2) is 4.00. The molecule has 0 heterocycles. The van der Waals surface area contributed by atoms with Crippen molar-refractivity contribution in [3.63, 3.8) is 0 Å². The lowest BCUT2D eigenvalue weighted by molar-refractivity contribution is -0.261. The lowest BCUT2D eigenvalue weighted by atomic mass is 9.95. The van der Waals surface area contributed by atoms with Gasteiger partial charge in [-0.05, 0) is 6.92 Å². The van der Waals surface area contributed by atoms with E-state index in [9.17, 15) is 18.0 Å². The van der Waals surface area contributed by atoms with Crippen LogP contribution >= 0.6 is 0 Å². The molecule has 0 bridgehead atoms. The number of esters is 1. The van der Waals surface area contributed by atoms with Gasteiger partial charge in [0.2, 0.25) is 0 Å². The van der Waals surface area contributed by atoms with Crippen molar-refractivity contribution in [1.29, 1.82) is 0 Å². The van der Waals surface area contributed by atoms with E-state index in [1.165, 1.54) is 6.92 Å². The third-order valence-electron chi connectivity index (χ3n) is 1.55. The zero-order chi connectivity index (χ0) is 11.6. The summed E-state index contributed by atoms with van der Waals surface area (Å²) >= 11 is 0.